The molecule has 0 bridgehead atoms. The lowest BCUT2D eigenvalue weighted by Crippen LogP contribution is -2.32. The van der Waals surface area contributed by atoms with Gasteiger partial charge in [0.1, 0.15) is 0 Å². The summed E-state index contributed by atoms with van der Waals surface area (Å²) in [4.78, 5) is 10.5. The average molecular weight is 235 g/mol. The summed E-state index contributed by atoms with van der Waals surface area (Å²) in [6.07, 6.45) is 0. The van der Waals surface area contributed by atoms with Gasteiger partial charge in [0.2, 0.25) is 0 Å². The van der Waals surface area contributed by atoms with E-state index in [0.717, 1.165) is 12.1 Å². The number of hydrogen-bond donors (Lipinski definition) is 3. The van der Waals surface area contributed by atoms with Crippen molar-refractivity contribution in [1.29, 1.82) is 0 Å². The number of rotatable bonds is 2. The maximum atomic E-state index is 10.5. The van der Waals surface area contributed by atoms with Crippen molar-refractivity contribution >= 4 is 41.8 Å². The summed E-state index contributed by atoms with van der Waals surface area (Å²) in [7, 11) is -1.82. The van der Waals surface area contributed by atoms with Crippen molar-refractivity contribution in [2.24, 2.45) is 0 Å². The van der Waals surface area contributed by atoms with E-state index in [1.54, 1.807) is 0 Å². The molecule has 0 saturated heterocycles. The van der Waals surface area contributed by atoms with Gasteiger partial charge in [-0.2, -0.15) is 0 Å². The minimum absolute atomic E-state index is 0.0927. The van der Waals surface area contributed by atoms with E-state index in [-0.39, 0.29) is 21.1 Å². The van der Waals surface area contributed by atoms with E-state index in [0.29, 0.717) is 0 Å². The molecule has 3 N–H and O–H groups in total. The second-order valence-corrected chi connectivity index (χ2v) is 3.35. The highest BCUT2D eigenvalue weighted by Crippen LogP contribution is 2.17. The fraction of sp³-hybridized carbons (Fsp3) is 0. The molecule has 0 saturated carbocycles. The van der Waals surface area contributed by atoms with Crippen molar-refractivity contribution in [2.45, 2.75) is 0 Å². The molecule has 74 valence electrons. The van der Waals surface area contributed by atoms with Crippen LogP contribution in [0.2, 0.25) is 10.0 Å². The van der Waals surface area contributed by atoms with E-state index in [4.69, 9.17) is 38.4 Å². The maximum absolute atomic E-state index is 10.5. The molecule has 1 rings (SSSR count). The Hall–Kier alpha value is -0.745. The van der Waals surface area contributed by atoms with Crippen molar-refractivity contribution in [3.8, 4) is 0 Å². The number of benzene rings is 1. The summed E-state index contributed by atoms with van der Waals surface area (Å²) >= 11 is 11.2. The largest absolute Gasteiger partial charge is 0.491 e. The Labute approximate surface area is 89.8 Å². The van der Waals surface area contributed by atoms with E-state index in [1.165, 1.54) is 0 Å². The molecule has 0 aromatic heterocycles. The molecule has 0 aliphatic carbocycles. The third-order valence-corrected chi connectivity index (χ3v) is 2.21. The first-order valence-corrected chi connectivity index (χ1v) is 4.27. The molecule has 0 amide bonds. The molecule has 0 aliphatic heterocycles. The zero-order chi connectivity index (χ0) is 10.9. The average Bonchev–Trinajstić information content (AvgIpc) is 2.01. The van der Waals surface area contributed by atoms with Gasteiger partial charge < -0.3 is 15.2 Å². The van der Waals surface area contributed by atoms with Crippen LogP contribution in [0.4, 0.5) is 0 Å². The maximum Gasteiger partial charge on any atom is 0.491 e. The van der Waals surface area contributed by atoms with Crippen molar-refractivity contribution in [1.82, 2.24) is 0 Å². The van der Waals surface area contributed by atoms with Crippen LogP contribution in [0.25, 0.3) is 0 Å². The number of hydrogen-bond acceptors (Lipinski definition) is 3. The molecule has 1 aromatic rings. The molecular weight excluding hydrogens is 230 g/mol. The molecule has 0 radical (unpaired) electrons. The van der Waals surface area contributed by atoms with Crippen LogP contribution in [0.1, 0.15) is 10.4 Å². The minimum Gasteiger partial charge on any atom is -0.478 e. The normalized spacial score (nSPS) is 10.0. The molecule has 14 heavy (non-hydrogen) atoms. The quantitative estimate of drug-likeness (QED) is 0.647. The Morgan fingerprint density at radius 3 is 1.93 bits per heavy atom. The van der Waals surface area contributed by atoms with Gasteiger partial charge in [-0.3, -0.25) is 0 Å². The SMILES string of the molecule is O=C(O)c1cc(Cl)c(B(O)O)c(Cl)c1. The number of carboxylic acid groups (broad SMARTS) is 1. The molecule has 1 aromatic carbocycles. The Bertz CT molecular complexity index is 357. The second-order valence-electron chi connectivity index (χ2n) is 2.53. The van der Waals surface area contributed by atoms with Gasteiger partial charge in [-0.1, -0.05) is 23.2 Å². The highest BCUT2D eigenvalue weighted by atomic mass is 35.5. The third kappa shape index (κ3) is 2.19. The van der Waals surface area contributed by atoms with E-state index in [2.05, 4.69) is 0 Å². The predicted molar refractivity (Wildman–Crippen MR) is 53.2 cm³/mol. The Kier molecular flexibility index (Phi) is 3.39. The molecule has 0 heterocycles. The topological polar surface area (TPSA) is 77.8 Å². The highest BCUT2D eigenvalue weighted by Gasteiger charge is 2.21. The first-order valence-electron chi connectivity index (χ1n) is 3.52. The van der Waals surface area contributed by atoms with Crippen LogP contribution in [0, 0.1) is 0 Å². The van der Waals surface area contributed by atoms with Crippen LogP contribution in [-0.2, 0) is 0 Å². The summed E-state index contributed by atoms with van der Waals surface area (Å²) in [6.45, 7) is 0. The van der Waals surface area contributed by atoms with Crippen molar-refractivity contribution in [3.63, 3.8) is 0 Å². The predicted octanol–water partition coefficient (Wildman–Crippen LogP) is 0.371. The molecule has 7 heteroatoms. The zero-order valence-corrected chi connectivity index (χ0v) is 8.25. The minimum atomic E-state index is -1.82. The van der Waals surface area contributed by atoms with Gasteiger partial charge in [-0.15, -0.1) is 0 Å². The molecular formula is C7H5BCl2O4. The number of carboxylic acids is 1. The summed E-state index contributed by atoms with van der Waals surface area (Å²) < 4.78 is 0. The molecule has 4 nitrogen and oxygen atoms in total. The van der Waals surface area contributed by atoms with Crippen LogP contribution in [0.3, 0.4) is 0 Å². The van der Waals surface area contributed by atoms with Gasteiger partial charge in [0.15, 0.2) is 0 Å². The zero-order valence-electron chi connectivity index (χ0n) is 6.74. The Morgan fingerprint density at radius 2 is 1.64 bits per heavy atom. The van der Waals surface area contributed by atoms with Crippen LogP contribution in [0.5, 0.6) is 0 Å². The van der Waals surface area contributed by atoms with Crippen molar-refractivity contribution in [2.75, 3.05) is 0 Å². The second kappa shape index (κ2) is 4.19. The number of aromatic carboxylic acids is 1. The third-order valence-electron chi connectivity index (χ3n) is 1.58. The first kappa shape index (κ1) is 11.3. The smallest absolute Gasteiger partial charge is 0.478 e. The van der Waals surface area contributed by atoms with Crippen molar-refractivity contribution in [3.05, 3.63) is 27.7 Å². The first-order chi connectivity index (χ1) is 6.43. The van der Waals surface area contributed by atoms with Crippen LogP contribution >= 0.6 is 23.2 Å². The highest BCUT2D eigenvalue weighted by molar-refractivity contribution is 6.66. The van der Waals surface area contributed by atoms with Gasteiger partial charge in [0, 0.05) is 15.5 Å². The monoisotopic (exact) mass is 234 g/mol. The van der Waals surface area contributed by atoms with Gasteiger partial charge in [-0.25, -0.2) is 4.79 Å². The summed E-state index contributed by atoms with van der Waals surface area (Å²) in [5.74, 6) is -1.19. The van der Waals surface area contributed by atoms with E-state index in [9.17, 15) is 4.79 Å². The fourth-order valence-corrected chi connectivity index (χ4v) is 1.64. The number of carbonyl (C=O) groups is 1. The molecule has 0 aliphatic rings. The van der Waals surface area contributed by atoms with Gasteiger partial charge in [-0.05, 0) is 12.1 Å². The van der Waals surface area contributed by atoms with E-state index >= 15 is 0 Å². The summed E-state index contributed by atoms with van der Waals surface area (Å²) in [6, 6.07) is 2.20. The lowest BCUT2D eigenvalue weighted by Gasteiger charge is -2.06. The standard InChI is InChI=1S/C7H5BCl2O4/c9-4-1-3(7(11)12)2-5(10)6(4)8(13)14/h1-2,13-14H,(H,11,12). The lowest BCUT2D eigenvalue weighted by molar-refractivity contribution is 0.0697. The molecule has 0 atom stereocenters. The van der Waals surface area contributed by atoms with E-state index < -0.39 is 13.1 Å². The van der Waals surface area contributed by atoms with Crippen LogP contribution in [-0.4, -0.2) is 28.2 Å². The Morgan fingerprint density at radius 1 is 1.21 bits per heavy atom. The molecule has 0 spiro atoms. The summed E-state index contributed by atoms with van der Waals surface area (Å²) in [5, 5.41) is 26.1. The Balaban J connectivity index is 3.32. The van der Waals surface area contributed by atoms with Gasteiger partial charge in [0.25, 0.3) is 0 Å². The van der Waals surface area contributed by atoms with E-state index in [1.807, 2.05) is 0 Å². The van der Waals surface area contributed by atoms with Crippen LogP contribution in [0.15, 0.2) is 12.1 Å². The molecule has 0 unspecified atom stereocenters. The van der Waals surface area contributed by atoms with Crippen molar-refractivity contribution < 1.29 is 19.9 Å². The summed E-state index contributed by atoms with van der Waals surface area (Å²) in [5.41, 5.74) is -0.206. The van der Waals surface area contributed by atoms with Gasteiger partial charge >= 0.3 is 13.1 Å². The lowest BCUT2D eigenvalue weighted by atomic mass is 9.80. The molecule has 0 fully saturated rings. The van der Waals surface area contributed by atoms with Gasteiger partial charge in [0.05, 0.1) is 5.56 Å². The number of halogens is 2. The fourth-order valence-electron chi connectivity index (χ4n) is 0.954. The van der Waals surface area contributed by atoms with Crippen LogP contribution < -0.4 is 5.46 Å².